The predicted octanol–water partition coefficient (Wildman–Crippen LogP) is 4.37. The molecular weight excluding hydrogens is 304 g/mol. The van der Waals surface area contributed by atoms with Gasteiger partial charge in [0.05, 0.1) is 5.52 Å². The van der Waals surface area contributed by atoms with Crippen LogP contribution >= 0.6 is 15.9 Å². The summed E-state index contributed by atoms with van der Waals surface area (Å²) >= 11 is 3.43. The van der Waals surface area contributed by atoms with Gasteiger partial charge < -0.3 is 10.5 Å². The van der Waals surface area contributed by atoms with Crippen LogP contribution in [-0.4, -0.2) is 4.98 Å². The van der Waals surface area contributed by atoms with E-state index in [1.54, 1.807) is 6.20 Å². The van der Waals surface area contributed by atoms with Crippen LogP contribution in [0.15, 0.2) is 59.2 Å². The van der Waals surface area contributed by atoms with E-state index in [-0.39, 0.29) is 0 Å². The van der Waals surface area contributed by atoms with Crippen molar-refractivity contribution in [1.82, 2.24) is 4.98 Å². The third kappa shape index (κ3) is 2.53. The van der Waals surface area contributed by atoms with Gasteiger partial charge in [0.15, 0.2) is 0 Å². The molecule has 0 fully saturated rings. The number of nitrogens with two attached hydrogens (primary N) is 1. The topological polar surface area (TPSA) is 48.1 Å². The van der Waals surface area contributed by atoms with Crippen LogP contribution in [0.5, 0.6) is 11.5 Å². The van der Waals surface area contributed by atoms with Crippen molar-refractivity contribution in [2.45, 2.75) is 0 Å². The quantitative estimate of drug-likeness (QED) is 0.714. The van der Waals surface area contributed by atoms with Gasteiger partial charge in [0, 0.05) is 21.7 Å². The number of nitrogen functional groups attached to an aromatic ring is 1. The summed E-state index contributed by atoms with van der Waals surface area (Å²) < 4.78 is 6.88. The minimum atomic E-state index is 0.694. The first-order valence-corrected chi connectivity index (χ1v) is 6.59. The zero-order valence-electron chi connectivity index (χ0n) is 10.0. The first-order chi connectivity index (χ1) is 9.22. The van der Waals surface area contributed by atoms with Crippen molar-refractivity contribution in [1.29, 1.82) is 0 Å². The molecule has 4 heteroatoms. The maximum absolute atomic E-state index is 5.90. The lowest BCUT2D eigenvalue weighted by Gasteiger charge is -2.09. The fourth-order valence-electron chi connectivity index (χ4n) is 1.89. The normalized spacial score (nSPS) is 10.6. The molecule has 0 saturated carbocycles. The lowest BCUT2D eigenvalue weighted by molar-refractivity contribution is 0.487. The van der Waals surface area contributed by atoms with Crippen LogP contribution in [0.3, 0.4) is 0 Å². The van der Waals surface area contributed by atoms with E-state index in [2.05, 4.69) is 20.9 Å². The van der Waals surface area contributed by atoms with E-state index in [0.29, 0.717) is 5.69 Å². The number of nitrogens with zero attached hydrogens (tertiary/aromatic N) is 1. The van der Waals surface area contributed by atoms with E-state index in [0.717, 1.165) is 26.9 Å². The summed E-state index contributed by atoms with van der Waals surface area (Å²) in [5.74, 6) is 1.54. The van der Waals surface area contributed by atoms with Crippen molar-refractivity contribution in [2.24, 2.45) is 0 Å². The summed E-state index contributed by atoms with van der Waals surface area (Å²) in [6.07, 6.45) is 1.72. The molecule has 3 nitrogen and oxygen atoms in total. The van der Waals surface area contributed by atoms with Crippen molar-refractivity contribution in [3.05, 3.63) is 59.2 Å². The van der Waals surface area contributed by atoms with Gasteiger partial charge in [-0.1, -0.05) is 22.0 Å². The molecule has 1 heterocycles. The average Bonchev–Trinajstić information content (AvgIpc) is 2.38. The zero-order chi connectivity index (χ0) is 13.2. The monoisotopic (exact) mass is 314 g/mol. The molecular formula is C15H11BrN2O. The molecule has 19 heavy (non-hydrogen) atoms. The minimum absolute atomic E-state index is 0.694. The molecule has 0 radical (unpaired) electrons. The van der Waals surface area contributed by atoms with Gasteiger partial charge in [-0.25, -0.2) is 0 Å². The van der Waals surface area contributed by atoms with Crippen LogP contribution in [0.1, 0.15) is 0 Å². The van der Waals surface area contributed by atoms with Crippen LogP contribution in [-0.2, 0) is 0 Å². The smallest absolute Gasteiger partial charge is 0.138 e. The molecule has 0 unspecified atom stereocenters. The Morgan fingerprint density at radius 1 is 1.05 bits per heavy atom. The summed E-state index contributed by atoms with van der Waals surface area (Å²) in [5.41, 5.74) is 7.28. The number of benzene rings is 2. The lowest BCUT2D eigenvalue weighted by Crippen LogP contribution is -1.89. The summed E-state index contributed by atoms with van der Waals surface area (Å²) in [4.78, 5) is 4.29. The molecule has 0 spiro atoms. The number of hydrogen-bond acceptors (Lipinski definition) is 3. The number of halogens is 1. The Kier molecular flexibility index (Phi) is 3.09. The first-order valence-electron chi connectivity index (χ1n) is 5.80. The Labute approximate surface area is 119 Å². The maximum atomic E-state index is 5.90. The molecule has 2 aromatic carbocycles. The van der Waals surface area contributed by atoms with E-state index < -0.39 is 0 Å². The Morgan fingerprint density at radius 3 is 2.79 bits per heavy atom. The summed E-state index contributed by atoms with van der Waals surface area (Å²) in [6, 6.07) is 15.2. The highest BCUT2D eigenvalue weighted by molar-refractivity contribution is 9.10. The van der Waals surface area contributed by atoms with Gasteiger partial charge in [-0.15, -0.1) is 0 Å². The van der Waals surface area contributed by atoms with Crippen molar-refractivity contribution in [3.63, 3.8) is 0 Å². The summed E-state index contributed by atoms with van der Waals surface area (Å²) in [5, 5.41) is 0.941. The second kappa shape index (κ2) is 4.90. The number of pyridine rings is 1. The van der Waals surface area contributed by atoms with Gasteiger partial charge in [-0.05, 0) is 42.5 Å². The number of hydrogen-bond donors (Lipinski definition) is 1. The first kappa shape index (κ1) is 12.0. The standard InChI is InChI=1S/C15H11BrN2O/c16-10-2-1-3-12(8-10)19-15-6-7-18-14-9-11(17)4-5-13(14)15/h1-9H,17H2. The predicted molar refractivity (Wildman–Crippen MR) is 80.4 cm³/mol. The fraction of sp³-hybridized carbons (Fsp3) is 0. The molecule has 2 N–H and O–H groups in total. The highest BCUT2D eigenvalue weighted by Crippen LogP contribution is 2.30. The van der Waals surface area contributed by atoms with Gasteiger partial charge in [-0.2, -0.15) is 0 Å². The lowest BCUT2D eigenvalue weighted by atomic mass is 10.2. The molecule has 0 saturated heterocycles. The SMILES string of the molecule is Nc1ccc2c(Oc3cccc(Br)c3)ccnc2c1. The molecule has 0 aliphatic heterocycles. The maximum Gasteiger partial charge on any atom is 0.138 e. The molecule has 0 aliphatic rings. The molecule has 3 rings (SSSR count). The van der Waals surface area contributed by atoms with Crippen molar-refractivity contribution in [3.8, 4) is 11.5 Å². The Hall–Kier alpha value is -2.07. The largest absolute Gasteiger partial charge is 0.457 e. The van der Waals surface area contributed by atoms with Crippen LogP contribution in [0, 0.1) is 0 Å². The second-order valence-corrected chi connectivity index (χ2v) is 5.06. The van der Waals surface area contributed by atoms with E-state index >= 15 is 0 Å². The number of rotatable bonds is 2. The Balaban J connectivity index is 2.06. The van der Waals surface area contributed by atoms with Crippen LogP contribution < -0.4 is 10.5 Å². The van der Waals surface area contributed by atoms with E-state index in [1.165, 1.54) is 0 Å². The molecule has 0 atom stereocenters. The van der Waals surface area contributed by atoms with Gasteiger partial charge in [0.1, 0.15) is 11.5 Å². The van der Waals surface area contributed by atoms with Gasteiger partial charge in [0.2, 0.25) is 0 Å². The highest BCUT2D eigenvalue weighted by Gasteiger charge is 2.05. The third-order valence-electron chi connectivity index (χ3n) is 2.75. The Bertz CT molecular complexity index is 743. The number of anilines is 1. The highest BCUT2D eigenvalue weighted by atomic mass is 79.9. The zero-order valence-corrected chi connectivity index (χ0v) is 11.6. The number of ether oxygens (including phenoxy) is 1. The van der Waals surface area contributed by atoms with Crippen molar-refractivity contribution < 1.29 is 4.74 Å². The fourth-order valence-corrected chi connectivity index (χ4v) is 2.26. The van der Waals surface area contributed by atoms with Gasteiger partial charge in [-0.3, -0.25) is 4.98 Å². The molecule has 3 aromatic rings. The van der Waals surface area contributed by atoms with Crippen LogP contribution in [0.2, 0.25) is 0 Å². The summed E-state index contributed by atoms with van der Waals surface area (Å²) in [6.45, 7) is 0. The van der Waals surface area contributed by atoms with E-state index in [1.807, 2.05) is 48.5 Å². The van der Waals surface area contributed by atoms with E-state index in [9.17, 15) is 0 Å². The average molecular weight is 315 g/mol. The number of fused-ring (bicyclic) bond motifs is 1. The molecule has 1 aromatic heterocycles. The molecule has 0 amide bonds. The van der Waals surface area contributed by atoms with Crippen LogP contribution in [0.25, 0.3) is 10.9 Å². The van der Waals surface area contributed by atoms with E-state index in [4.69, 9.17) is 10.5 Å². The molecule has 0 bridgehead atoms. The van der Waals surface area contributed by atoms with Gasteiger partial charge in [0.25, 0.3) is 0 Å². The summed E-state index contributed by atoms with van der Waals surface area (Å²) in [7, 11) is 0. The Morgan fingerprint density at radius 2 is 1.95 bits per heavy atom. The van der Waals surface area contributed by atoms with Gasteiger partial charge >= 0.3 is 0 Å². The van der Waals surface area contributed by atoms with Crippen LogP contribution in [0.4, 0.5) is 5.69 Å². The third-order valence-corrected chi connectivity index (χ3v) is 3.24. The minimum Gasteiger partial charge on any atom is -0.457 e. The number of aromatic nitrogens is 1. The molecule has 94 valence electrons. The van der Waals surface area contributed by atoms with Crippen molar-refractivity contribution >= 4 is 32.5 Å². The molecule has 0 aliphatic carbocycles. The van der Waals surface area contributed by atoms with Crippen molar-refractivity contribution in [2.75, 3.05) is 5.73 Å². The second-order valence-electron chi connectivity index (χ2n) is 4.15.